The van der Waals surface area contributed by atoms with E-state index in [2.05, 4.69) is 10.6 Å². The van der Waals surface area contributed by atoms with E-state index in [-0.39, 0.29) is 11.8 Å². The molecule has 0 saturated heterocycles. The number of anilines is 2. The highest BCUT2D eigenvalue weighted by Crippen LogP contribution is 2.27. The van der Waals surface area contributed by atoms with Gasteiger partial charge in [0.15, 0.2) is 0 Å². The number of rotatable bonds is 6. The van der Waals surface area contributed by atoms with Crippen molar-refractivity contribution in [2.75, 3.05) is 10.6 Å². The molecule has 0 spiro atoms. The molecule has 2 rings (SSSR count). The largest absolute Gasteiger partial charge is 0.326 e. The number of carbonyl (C=O) groups is 2. The van der Waals surface area contributed by atoms with Gasteiger partial charge in [0, 0.05) is 17.8 Å². The van der Waals surface area contributed by atoms with Gasteiger partial charge in [0.2, 0.25) is 11.8 Å². The minimum atomic E-state index is -0.461. The fourth-order valence-corrected chi connectivity index (χ4v) is 3.01. The molecule has 0 bridgehead atoms. The fourth-order valence-electron chi connectivity index (χ4n) is 3.01. The Morgan fingerprint density at radius 2 is 1.65 bits per heavy atom. The summed E-state index contributed by atoms with van der Waals surface area (Å²) < 4.78 is 0. The first-order chi connectivity index (χ1) is 11.1. The van der Waals surface area contributed by atoms with Gasteiger partial charge in [-0.3, -0.25) is 9.59 Å². The van der Waals surface area contributed by atoms with Crippen molar-refractivity contribution in [3.63, 3.8) is 0 Å². The van der Waals surface area contributed by atoms with E-state index >= 15 is 0 Å². The Balaban J connectivity index is 1.82. The highest BCUT2D eigenvalue weighted by atomic mass is 16.2. The SMILES string of the molecule is CCC(=O)Nc1ccc(NC(=O)C(N)CC2CCCCC2)cc1. The zero-order chi connectivity index (χ0) is 16.7. The van der Waals surface area contributed by atoms with Gasteiger partial charge in [-0.25, -0.2) is 0 Å². The lowest BCUT2D eigenvalue weighted by Crippen LogP contribution is -2.37. The summed E-state index contributed by atoms with van der Waals surface area (Å²) in [5, 5.41) is 5.62. The smallest absolute Gasteiger partial charge is 0.241 e. The van der Waals surface area contributed by atoms with Crippen LogP contribution >= 0.6 is 0 Å². The average Bonchev–Trinajstić information content (AvgIpc) is 2.57. The molecular formula is C18H27N3O2. The second-order valence-electron chi connectivity index (χ2n) is 6.31. The van der Waals surface area contributed by atoms with E-state index in [4.69, 9.17) is 5.73 Å². The van der Waals surface area contributed by atoms with Gasteiger partial charge in [-0.15, -0.1) is 0 Å². The molecule has 0 radical (unpaired) electrons. The Morgan fingerprint density at radius 1 is 1.09 bits per heavy atom. The molecule has 0 heterocycles. The number of amides is 2. The molecule has 5 nitrogen and oxygen atoms in total. The zero-order valence-electron chi connectivity index (χ0n) is 13.8. The van der Waals surface area contributed by atoms with Crippen molar-refractivity contribution in [1.82, 2.24) is 0 Å². The van der Waals surface area contributed by atoms with E-state index in [0.717, 1.165) is 12.1 Å². The van der Waals surface area contributed by atoms with Crippen molar-refractivity contribution in [1.29, 1.82) is 0 Å². The predicted molar refractivity (Wildman–Crippen MR) is 93.2 cm³/mol. The van der Waals surface area contributed by atoms with Crippen LogP contribution in [0.3, 0.4) is 0 Å². The molecule has 1 atom stereocenters. The maximum Gasteiger partial charge on any atom is 0.241 e. The molecule has 0 aromatic heterocycles. The first kappa shape index (κ1) is 17.5. The first-order valence-corrected chi connectivity index (χ1v) is 8.55. The van der Waals surface area contributed by atoms with Crippen LogP contribution in [0.25, 0.3) is 0 Å². The van der Waals surface area contributed by atoms with Gasteiger partial charge < -0.3 is 16.4 Å². The third-order valence-corrected chi connectivity index (χ3v) is 4.41. The van der Waals surface area contributed by atoms with E-state index < -0.39 is 6.04 Å². The second-order valence-corrected chi connectivity index (χ2v) is 6.31. The van der Waals surface area contributed by atoms with Crippen LogP contribution in [0.1, 0.15) is 51.9 Å². The number of hydrogen-bond acceptors (Lipinski definition) is 3. The van der Waals surface area contributed by atoms with Gasteiger partial charge in [-0.05, 0) is 36.6 Å². The molecule has 1 aliphatic carbocycles. The number of benzene rings is 1. The Morgan fingerprint density at radius 3 is 2.22 bits per heavy atom. The Bertz CT molecular complexity index is 522. The van der Waals surface area contributed by atoms with Crippen LogP contribution in [-0.2, 0) is 9.59 Å². The van der Waals surface area contributed by atoms with Crippen molar-refractivity contribution in [3.8, 4) is 0 Å². The molecule has 23 heavy (non-hydrogen) atoms. The summed E-state index contributed by atoms with van der Waals surface area (Å²) >= 11 is 0. The molecular weight excluding hydrogens is 290 g/mol. The normalized spacial score (nSPS) is 16.6. The molecule has 0 aliphatic heterocycles. The van der Waals surface area contributed by atoms with Crippen LogP contribution < -0.4 is 16.4 Å². The van der Waals surface area contributed by atoms with Gasteiger partial charge in [0.05, 0.1) is 6.04 Å². The van der Waals surface area contributed by atoms with Crippen LogP contribution in [0.4, 0.5) is 11.4 Å². The standard InChI is InChI=1S/C18H27N3O2/c1-2-17(22)20-14-8-10-15(11-9-14)21-18(23)16(19)12-13-6-4-3-5-7-13/h8-11,13,16H,2-7,12,19H2,1H3,(H,20,22)(H,21,23). The molecule has 1 unspecified atom stereocenters. The zero-order valence-corrected chi connectivity index (χ0v) is 13.8. The molecule has 1 aliphatic rings. The van der Waals surface area contributed by atoms with E-state index in [0.29, 0.717) is 18.0 Å². The fraction of sp³-hybridized carbons (Fsp3) is 0.556. The van der Waals surface area contributed by atoms with Crippen molar-refractivity contribution in [3.05, 3.63) is 24.3 Å². The minimum Gasteiger partial charge on any atom is -0.326 e. The van der Waals surface area contributed by atoms with Gasteiger partial charge in [-0.2, -0.15) is 0 Å². The van der Waals surface area contributed by atoms with Gasteiger partial charge >= 0.3 is 0 Å². The molecule has 4 N–H and O–H groups in total. The maximum atomic E-state index is 12.2. The average molecular weight is 317 g/mol. The second kappa shape index (κ2) is 8.67. The van der Waals surface area contributed by atoms with Crippen LogP contribution in [0.5, 0.6) is 0 Å². The lowest BCUT2D eigenvalue weighted by atomic mass is 9.85. The maximum absolute atomic E-state index is 12.2. The van der Waals surface area contributed by atoms with Crippen molar-refractivity contribution < 1.29 is 9.59 Å². The number of carbonyl (C=O) groups excluding carboxylic acids is 2. The van der Waals surface area contributed by atoms with Crippen LogP contribution in [0, 0.1) is 5.92 Å². The topological polar surface area (TPSA) is 84.2 Å². The van der Waals surface area contributed by atoms with E-state index in [1.807, 2.05) is 0 Å². The molecule has 1 aromatic rings. The molecule has 1 fully saturated rings. The van der Waals surface area contributed by atoms with E-state index in [9.17, 15) is 9.59 Å². The van der Waals surface area contributed by atoms with Crippen LogP contribution in [0.15, 0.2) is 24.3 Å². The number of nitrogens with two attached hydrogens (primary N) is 1. The quantitative estimate of drug-likeness (QED) is 0.753. The van der Waals surface area contributed by atoms with Crippen LogP contribution in [-0.4, -0.2) is 17.9 Å². The summed E-state index contributed by atoms with van der Waals surface area (Å²) in [5.41, 5.74) is 7.46. The van der Waals surface area contributed by atoms with Crippen molar-refractivity contribution >= 4 is 23.2 Å². The third kappa shape index (κ3) is 5.67. The lowest BCUT2D eigenvalue weighted by molar-refractivity contribution is -0.118. The molecule has 2 amide bonds. The molecule has 126 valence electrons. The lowest BCUT2D eigenvalue weighted by Gasteiger charge is -2.24. The first-order valence-electron chi connectivity index (χ1n) is 8.55. The summed E-state index contributed by atoms with van der Waals surface area (Å²) in [7, 11) is 0. The van der Waals surface area contributed by atoms with Crippen molar-refractivity contribution in [2.24, 2.45) is 11.7 Å². The Labute approximate surface area is 138 Å². The van der Waals surface area contributed by atoms with Gasteiger partial charge in [0.1, 0.15) is 0 Å². The highest BCUT2D eigenvalue weighted by molar-refractivity contribution is 5.95. The minimum absolute atomic E-state index is 0.0312. The van der Waals surface area contributed by atoms with Crippen LogP contribution in [0.2, 0.25) is 0 Å². The molecule has 5 heteroatoms. The van der Waals surface area contributed by atoms with Gasteiger partial charge in [-0.1, -0.05) is 39.0 Å². The third-order valence-electron chi connectivity index (χ3n) is 4.41. The number of nitrogens with one attached hydrogen (secondary N) is 2. The monoisotopic (exact) mass is 317 g/mol. The van der Waals surface area contributed by atoms with Gasteiger partial charge in [0.25, 0.3) is 0 Å². The Kier molecular flexibility index (Phi) is 6.59. The summed E-state index contributed by atoms with van der Waals surface area (Å²) in [6.45, 7) is 1.80. The van der Waals surface area contributed by atoms with Crippen molar-refractivity contribution in [2.45, 2.75) is 57.9 Å². The van der Waals surface area contributed by atoms with E-state index in [1.54, 1.807) is 31.2 Å². The molecule has 1 aromatic carbocycles. The van der Waals surface area contributed by atoms with E-state index in [1.165, 1.54) is 32.1 Å². The summed E-state index contributed by atoms with van der Waals surface area (Å²) in [6, 6.07) is 6.64. The Hall–Kier alpha value is -1.88. The predicted octanol–water partition coefficient (Wildman–Crippen LogP) is 3.27. The summed E-state index contributed by atoms with van der Waals surface area (Å²) in [5.74, 6) is 0.410. The number of hydrogen-bond donors (Lipinski definition) is 3. The summed E-state index contributed by atoms with van der Waals surface area (Å²) in [4.78, 5) is 23.5. The molecule has 1 saturated carbocycles. The highest BCUT2D eigenvalue weighted by Gasteiger charge is 2.21. The summed E-state index contributed by atoms with van der Waals surface area (Å²) in [6.07, 6.45) is 7.39.